The highest BCUT2D eigenvalue weighted by molar-refractivity contribution is 7.86. The number of hydrogen-bond donors (Lipinski definition) is 0. The Hall–Kier alpha value is -1.23. The molecule has 1 amide bonds. The van der Waals surface area contributed by atoms with Crippen molar-refractivity contribution in [2.45, 2.75) is 46.1 Å². The monoisotopic (exact) mass is 418 g/mol. The summed E-state index contributed by atoms with van der Waals surface area (Å²) in [5.41, 5.74) is 0. The molecule has 1 unspecified atom stereocenters. The predicted octanol–water partition coefficient (Wildman–Crippen LogP) is 0.135. The maximum atomic E-state index is 12.8. The minimum Gasteiger partial charge on any atom is -0.464 e. The second kappa shape index (κ2) is 10.5. The smallest absolute Gasteiger partial charge is 0.328 e. The van der Waals surface area contributed by atoms with Crippen LogP contribution < -0.4 is 0 Å². The highest BCUT2D eigenvalue weighted by Crippen LogP contribution is 2.19. The molecule has 0 aromatic carbocycles. The van der Waals surface area contributed by atoms with Gasteiger partial charge in [0.25, 0.3) is 10.2 Å². The first-order valence-electron chi connectivity index (χ1n) is 10.3. The third kappa shape index (κ3) is 5.43. The van der Waals surface area contributed by atoms with Gasteiger partial charge in [-0.25, -0.2) is 4.79 Å². The van der Waals surface area contributed by atoms with Crippen molar-refractivity contribution in [2.24, 2.45) is 0 Å². The maximum absolute atomic E-state index is 12.8. The number of ether oxygens (including phenoxy) is 1. The minimum absolute atomic E-state index is 0.0854. The third-order valence-electron chi connectivity index (χ3n) is 5.43. The van der Waals surface area contributed by atoms with Crippen LogP contribution in [0.3, 0.4) is 0 Å². The van der Waals surface area contributed by atoms with Gasteiger partial charge in [-0.15, -0.1) is 0 Å². The average molecular weight is 419 g/mol. The van der Waals surface area contributed by atoms with Gasteiger partial charge in [0, 0.05) is 45.8 Å². The quantitative estimate of drug-likeness (QED) is 0.521. The molecule has 0 bridgehead atoms. The standard InChI is InChI=1S/C18H34N4O5S/c1-4-20(5-2)28(25,26)21-13-11-19(12-14-21)15-17(23)22-10-8-7-9-16(22)18(24)27-6-3/h16H,4-15H2,1-3H3. The van der Waals surface area contributed by atoms with Gasteiger partial charge in [-0.2, -0.15) is 17.0 Å². The van der Waals surface area contributed by atoms with Crippen molar-refractivity contribution in [1.82, 2.24) is 18.4 Å². The lowest BCUT2D eigenvalue weighted by Gasteiger charge is -2.38. The van der Waals surface area contributed by atoms with E-state index in [1.165, 1.54) is 8.61 Å². The molecule has 0 saturated carbocycles. The maximum Gasteiger partial charge on any atom is 0.328 e. The van der Waals surface area contributed by atoms with E-state index in [1.807, 2.05) is 18.7 Å². The van der Waals surface area contributed by atoms with Gasteiger partial charge in [-0.1, -0.05) is 13.8 Å². The third-order valence-corrected chi connectivity index (χ3v) is 7.62. The molecule has 28 heavy (non-hydrogen) atoms. The Bertz CT molecular complexity index is 630. The summed E-state index contributed by atoms with van der Waals surface area (Å²) < 4.78 is 33.3. The van der Waals surface area contributed by atoms with Crippen molar-refractivity contribution < 1.29 is 22.7 Å². The summed E-state index contributed by atoms with van der Waals surface area (Å²) >= 11 is 0. The number of piperazine rings is 1. The van der Waals surface area contributed by atoms with Crippen LogP contribution in [0.5, 0.6) is 0 Å². The molecule has 0 spiro atoms. The molecule has 0 aliphatic carbocycles. The Labute approximate surface area is 168 Å². The normalized spacial score (nSPS) is 22.4. The fraction of sp³-hybridized carbons (Fsp3) is 0.889. The molecule has 9 nitrogen and oxygen atoms in total. The molecule has 0 N–H and O–H groups in total. The van der Waals surface area contributed by atoms with E-state index in [1.54, 1.807) is 11.8 Å². The molecule has 2 rings (SSSR count). The van der Waals surface area contributed by atoms with E-state index in [-0.39, 0.29) is 18.4 Å². The summed E-state index contributed by atoms with van der Waals surface area (Å²) in [4.78, 5) is 28.6. The van der Waals surface area contributed by atoms with E-state index in [9.17, 15) is 18.0 Å². The van der Waals surface area contributed by atoms with Gasteiger partial charge in [-0.3, -0.25) is 9.69 Å². The number of rotatable bonds is 8. The summed E-state index contributed by atoms with van der Waals surface area (Å²) in [7, 11) is -3.44. The number of carbonyl (C=O) groups excluding carboxylic acids is 2. The fourth-order valence-electron chi connectivity index (χ4n) is 3.83. The molecule has 2 saturated heterocycles. The van der Waals surface area contributed by atoms with Crippen LogP contribution in [0.4, 0.5) is 0 Å². The van der Waals surface area contributed by atoms with Gasteiger partial charge in [0.15, 0.2) is 0 Å². The zero-order valence-electron chi connectivity index (χ0n) is 17.3. The van der Waals surface area contributed by atoms with Crippen LogP contribution >= 0.6 is 0 Å². The van der Waals surface area contributed by atoms with Crippen LogP contribution in [0.25, 0.3) is 0 Å². The molecular weight excluding hydrogens is 384 g/mol. The second-order valence-electron chi connectivity index (χ2n) is 7.12. The van der Waals surface area contributed by atoms with Crippen LogP contribution in [0.1, 0.15) is 40.0 Å². The lowest BCUT2D eigenvalue weighted by molar-refractivity contribution is -0.157. The molecular formula is C18H34N4O5S. The molecule has 0 aromatic heterocycles. The Morgan fingerprint density at radius 2 is 1.64 bits per heavy atom. The van der Waals surface area contributed by atoms with E-state index in [0.29, 0.717) is 58.8 Å². The second-order valence-corrected chi connectivity index (χ2v) is 9.05. The van der Waals surface area contributed by atoms with Crippen LogP contribution in [-0.4, -0.2) is 104 Å². The van der Waals surface area contributed by atoms with E-state index in [0.717, 1.165) is 12.8 Å². The number of piperidine rings is 1. The number of hydrogen-bond acceptors (Lipinski definition) is 6. The lowest BCUT2D eigenvalue weighted by Crippen LogP contribution is -2.56. The summed E-state index contributed by atoms with van der Waals surface area (Å²) in [6.45, 7) is 9.13. The first kappa shape index (κ1) is 23.1. The highest BCUT2D eigenvalue weighted by Gasteiger charge is 2.35. The van der Waals surface area contributed by atoms with Gasteiger partial charge in [-0.05, 0) is 26.2 Å². The molecule has 162 valence electrons. The number of amides is 1. The molecule has 10 heteroatoms. The van der Waals surface area contributed by atoms with Crippen molar-refractivity contribution >= 4 is 22.1 Å². The summed E-state index contributed by atoms with van der Waals surface area (Å²) in [6.07, 6.45) is 2.44. The molecule has 0 aromatic rings. The van der Waals surface area contributed by atoms with E-state index in [4.69, 9.17) is 4.74 Å². The van der Waals surface area contributed by atoms with Crippen LogP contribution in [0, 0.1) is 0 Å². The summed E-state index contributed by atoms with van der Waals surface area (Å²) in [5, 5.41) is 0. The number of likely N-dealkylation sites (tertiary alicyclic amines) is 1. The molecule has 2 aliphatic heterocycles. The van der Waals surface area contributed by atoms with Gasteiger partial charge >= 0.3 is 5.97 Å². The van der Waals surface area contributed by atoms with Crippen molar-refractivity contribution in [3.63, 3.8) is 0 Å². The largest absolute Gasteiger partial charge is 0.464 e. The number of esters is 1. The van der Waals surface area contributed by atoms with E-state index in [2.05, 4.69) is 0 Å². The molecule has 0 radical (unpaired) electrons. The fourth-order valence-corrected chi connectivity index (χ4v) is 5.43. The van der Waals surface area contributed by atoms with Crippen LogP contribution in [0.2, 0.25) is 0 Å². The van der Waals surface area contributed by atoms with Gasteiger partial charge in [0.1, 0.15) is 6.04 Å². The Morgan fingerprint density at radius 1 is 1.00 bits per heavy atom. The van der Waals surface area contributed by atoms with Gasteiger partial charge < -0.3 is 9.64 Å². The Morgan fingerprint density at radius 3 is 2.21 bits per heavy atom. The summed E-state index contributed by atoms with van der Waals surface area (Å²) in [6, 6.07) is -0.495. The summed E-state index contributed by atoms with van der Waals surface area (Å²) in [5.74, 6) is -0.413. The Balaban J connectivity index is 1.91. The molecule has 2 heterocycles. The number of nitrogens with zero attached hydrogens (tertiary/aromatic N) is 4. The first-order valence-corrected chi connectivity index (χ1v) is 11.7. The average Bonchev–Trinajstić information content (AvgIpc) is 2.69. The number of carbonyl (C=O) groups is 2. The van der Waals surface area contributed by atoms with Crippen molar-refractivity contribution in [2.75, 3.05) is 59.0 Å². The zero-order chi connectivity index (χ0) is 20.7. The topological polar surface area (TPSA) is 90.5 Å². The minimum atomic E-state index is -3.44. The van der Waals surface area contributed by atoms with Crippen molar-refractivity contribution in [3.8, 4) is 0 Å². The lowest BCUT2D eigenvalue weighted by atomic mass is 10.0. The molecule has 2 aliphatic rings. The van der Waals surface area contributed by atoms with Crippen molar-refractivity contribution in [1.29, 1.82) is 0 Å². The highest BCUT2D eigenvalue weighted by atomic mass is 32.2. The van der Waals surface area contributed by atoms with Crippen molar-refractivity contribution in [3.05, 3.63) is 0 Å². The zero-order valence-corrected chi connectivity index (χ0v) is 18.1. The first-order chi connectivity index (χ1) is 13.3. The van der Waals surface area contributed by atoms with Gasteiger partial charge in [0.05, 0.1) is 13.2 Å². The molecule has 2 fully saturated rings. The van der Waals surface area contributed by atoms with E-state index >= 15 is 0 Å². The van der Waals surface area contributed by atoms with Crippen LogP contribution in [-0.2, 0) is 24.5 Å². The van der Waals surface area contributed by atoms with Crippen LogP contribution in [0.15, 0.2) is 0 Å². The van der Waals surface area contributed by atoms with Gasteiger partial charge in [0.2, 0.25) is 5.91 Å². The van der Waals surface area contributed by atoms with E-state index < -0.39 is 16.3 Å². The Kier molecular flexibility index (Phi) is 8.66. The molecule has 1 atom stereocenters. The predicted molar refractivity (Wildman–Crippen MR) is 106 cm³/mol. The SMILES string of the molecule is CCOC(=O)C1CCCCN1C(=O)CN1CCN(S(=O)(=O)N(CC)CC)CC1.